The molecule has 39 nitrogen and oxygen atoms in total. The van der Waals surface area contributed by atoms with Crippen molar-refractivity contribution in [2.24, 2.45) is 71.0 Å². The standard InChI is InChI=1S/C22H30O7Si2.C20H12N2O7.C20H10O9.C20H30O7Si2.C12H18O7Si2/c1-30(2,13-7-9-5-11(13)17-15(9)19(23)27-21(17)25)29-31(3,4)14-8-10-6-12(14)18-16(10)20(24)28-22(18)26;23-15-7-16(24)13-5-9(1-3-11(13)15)17(25)21-8-22-18(26)10-2-4-12-14(6-10)20(28)29-19(12)27;21-15-7-16(22)13-5-9(1-3-11(13)15)17(23)27-8-28-18(24)10-2-4-12-14(6-10)20(26)29-19(12)25;1-28(2,11-5-7-13-15(9-11)19(23)25-17(13)21)27-29(3,4)12-6-8-14-16(10-12)20(24)26-18(14)22;1-20(2,7-5-9(13)17-11(7)15)19-21(3,4)8-6-10(14)18-12(8)16/h9-18H,5-8H2,1-4H3;1-6H,7-8H2,(H,21,25)(H,22,26);1-6H,7-8H2;11-16H,5-10H2,1-4H3;7-8H,5-6H2,1-4H3. The van der Waals surface area contributed by atoms with Gasteiger partial charge in [0.05, 0.1) is 124 Å². The summed E-state index contributed by atoms with van der Waals surface area (Å²) in [5, 5.41) is 4.93. The molecule has 16 aliphatic rings. The molecule has 6 saturated heterocycles. The number of Topliss-reactive ketones (excluding diaryl/α,β-unsaturated/α-hetero) is 4. The van der Waals surface area contributed by atoms with Gasteiger partial charge in [-0.25, -0.2) is 28.8 Å². The molecular weight excluding hydrogens is 1920 g/mol. The van der Waals surface area contributed by atoms with E-state index >= 15 is 0 Å². The van der Waals surface area contributed by atoms with Gasteiger partial charge in [0.2, 0.25) is 6.79 Å². The minimum atomic E-state index is -2.58. The zero-order chi connectivity index (χ0) is 101. The summed E-state index contributed by atoms with van der Waals surface area (Å²) in [5.41, 5.74) is 1.49. The van der Waals surface area contributed by atoms with E-state index in [9.17, 15) is 115 Å². The maximum Gasteiger partial charge on any atom is 0.346 e. The van der Waals surface area contributed by atoms with Crippen molar-refractivity contribution in [3.63, 3.8) is 0 Å². The number of ether oxygens (including phenoxy) is 10. The second kappa shape index (κ2) is 37.4. The van der Waals surface area contributed by atoms with Crippen LogP contribution in [0.5, 0.6) is 0 Å². The molecule has 732 valence electrons. The molecule has 4 aromatic carbocycles. The number of esters is 18. The molecule has 18 unspecified atom stereocenters. The summed E-state index contributed by atoms with van der Waals surface area (Å²) in [4.78, 5) is 284. The average molecular weight is 2020 g/mol. The number of rotatable bonds is 20. The summed E-state index contributed by atoms with van der Waals surface area (Å²) in [6.45, 7) is 24.3. The number of hydrogen-bond acceptors (Lipinski definition) is 37. The van der Waals surface area contributed by atoms with Crippen LogP contribution in [0.4, 0.5) is 0 Å². The van der Waals surface area contributed by atoms with Crippen molar-refractivity contribution in [2.45, 2.75) is 202 Å². The fraction of sp³-hybridized carbons (Fsp3) is 0.489. The lowest BCUT2D eigenvalue weighted by Crippen LogP contribution is -2.53. The number of hydrogen-bond donors (Lipinski definition) is 2. The third-order valence-corrected chi connectivity index (χ3v) is 57.4. The van der Waals surface area contributed by atoms with Gasteiger partial charge in [0.25, 0.3) is 11.8 Å². The first-order valence-electron chi connectivity index (χ1n) is 46.0. The number of fused-ring (bicyclic) bond motifs is 16. The normalized spacial score (nSPS) is 28.6. The summed E-state index contributed by atoms with van der Waals surface area (Å²) in [6, 6.07) is 15.8. The molecule has 0 aromatic heterocycles. The molecule has 8 aliphatic heterocycles. The molecule has 2 amide bonds. The smallest absolute Gasteiger partial charge is 0.346 e. The van der Waals surface area contributed by atoms with Crippen LogP contribution in [0.2, 0.25) is 112 Å². The quantitative estimate of drug-likeness (QED) is 0.0273. The van der Waals surface area contributed by atoms with Crippen LogP contribution < -0.4 is 10.6 Å². The predicted octanol–water partition coefficient (Wildman–Crippen LogP) is 9.74. The number of benzene rings is 4. The highest BCUT2D eigenvalue weighted by molar-refractivity contribution is 6.89. The van der Waals surface area contributed by atoms with Gasteiger partial charge in [-0.2, -0.15) is 0 Å². The largest absolute Gasteiger partial charge is 0.455 e. The Balaban J connectivity index is 0.000000126. The van der Waals surface area contributed by atoms with E-state index in [0.29, 0.717) is 53.4 Å². The zero-order valence-corrected chi connectivity index (χ0v) is 83.7. The van der Waals surface area contributed by atoms with Gasteiger partial charge < -0.3 is 70.3 Å². The summed E-state index contributed by atoms with van der Waals surface area (Å²) >= 11 is 0. The van der Waals surface area contributed by atoms with Crippen LogP contribution in [0.25, 0.3) is 0 Å². The summed E-state index contributed by atoms with van der Waals surface area (Å²) < 4.78 is 67.7. The Bertz CT molecular complexity index is 5630. The van der Waals surface area contributed by atoms with E-state index in [0.717, 1.165) is 44.6 Å². The second-order valence-corrected chi connectivity index (χ2v) is 67.4. The molecule has 6 saturated carbocycles. The van der Waals surface area contributed by atoms with Crippen molar-refractivity contribution < 1.29 is 175 Å². The van der Waals surface area contributed by atoms with E-state index in [-0.39, 0.29) is 235 Å². The Hall–Kier alpha value is -12.3. The monoisotopic (exact) mass is 2020 g/mol. The molecule has 0 spiro atoms. The molecule has 8 aliphatic carbocycles. The van der Waals surface area contributed by atoms with Crippen molar-refractivity contribution in [3.05, 3.63) is 140 Å². The van der Waals surface area contributed by atoms with Gasteiger partial charge in [0.1, 0.15) is 0 Å². The third-order valence-electron chi connectivity index (χ3n) is 30.6. The third kappa shape index (κ3) is 19.3. The fourth-order valence-corrected chi connectivity index (χ4v) is 54.3. The van der Waals surface area contributed by atoms with E-state index in [1.807, 2.05) is 26.2 Å². The molecule has 18 atom stereocenters. The van der Waals surface area contributed by atoms with Gasteiger partial charge >= 0.3 is 107 Å². The van der Waals surface area contributed by atoms with E-state index in [4.69, 9.17) is 40.8 Å². The molecule has 0 radical (unpaired) electrons. The van der Waals surface area contributed by atoms with E-state index in [1.165, 1.54) is 66.7 Å². The highest BCUT2D eigenvalue weighted by Gasteiger charge is 2.70. The Morgan fingerprint density at radius 2 is 0.626 bits per heavy atom. The van der Waals surface area contributed by atoms with Crippen LogP contribution in [0.1, 0.15) is 214 Å². The second-order valence-electron chi connectivity index (χ2n) is 41.2. The van der Waals surface area contributed by atoms with Crippen molar-refractivity contribution in [2.75, 3.05) is 13.5 Å². The van der Waals surface area contributed by atoms with Gasteiger partial charge in [0.15, 0.2) is 73.0 Å². The van der Waals surface area contributed by atoms with Gasteiger partial charge in [-0.3, -0.25) is 86.3 Å². The number of ketones is 4. The Morgan fingerprint density at radius 1 is 0.309 bits per heavy atom. The molecule has 8 heterocycles. The molecule has 45 heteroatoms. The van der Waals surface area contributed by atoms with Gasteiger partial charge in [-0.1, -0.05) is 0 Å². The van der Waals surface area contributed by atoms with Gasteiger partial charge in [-0.15, -0.1) is 0 Å². The van der Waals surface area contributed by atoms with E-state index in [1.54, 1.807) is 0 Å². The van der Waals surface area contributed by atoms with E-state index in [2.05, 4.69) is 82.0 Å². The maximum absolute atomic E-state index is 12.3. The van der Waals surface area contributed by atoms with E-state index < -0.39 is 139 Å². The number of amides is 2. The molecule has 139 heavy (non-hydrogen) atoms. The first-order chi connectivity index (χ1) is 65.2. The Morgan fingerprint density at radius 3 is 1.01 bits per heavy atom. The summed E-state index contributed by atoms with van der Waals surface area (Å²) in [5.74, 6) is -13.5. The lowest BCUT2D eigenvalue weighted by Gasteiger charge is -2.46. The van der Waals surface area contributed by atoms with Crippen molar-refractivity contribution in [3.8, 4) is 0 Å². The molecule has 2 N–H and O–H groups in total. The van der Waals surface area contributed by atoms with Crippen molar-refractivity contribution in [1.29, 1.82) is 0 Å². The van der Waals surface area contributed by atoms with Crippen LogP contribution in [0.3, 0.4) is 0 Å². The van der Waals surface area contributed by atoms with Crippen LogP contribution in [-0.4, -0.2) is 206 Å². The van der Waals surface area contributed by atoms with Crippen LogP contribution >= 0.6 is 0 Å². The minimum Gasteiger partial charge on any atom is -0.455 e. The maximum atomic E-state index is 12.3. The number of carbonyl (C=O) groups excluding carboxylic acids is 24. The van der Waals surface area contributed by atoms with Crippen LogP contribution in [0.15, 0.2) is 72.8 Å². The average Bonchev–Trinajstić information content (AvgIpc) is 1.55. The van der Waals surface area contributed by atoms with Crippen LogP contribution in [-0.2, 0) is 117 Å². The molecule has 4 bridgehead atoms. The van der Waals surface area contributed by atoms with Gasteiger partial charge in [-0.05, 0) is 261 Å². The first-order valence-corrected chi connectivity index (χ1v) is 63.9. The Labute approximate surface area is 799 Å². The molecule has 20 rings (SSSR count). The lowest BCUT2D eigenvalue weighted by molar-refractivity contribution is -0.156. The summed E-state index contributed by atoms with van der Waals surface area (Å²) in [7, 11) is -13.8. The van der Waals surface area contributed by atoms with Gasteiger partial charge in [0, 0.05) is 33.4 Å². The predicted molar refractivity (Wildman–Crippen MR) is 482 cm³/mol. The number of cyclic esters (lactones) is 16. The molecule has 12 fully saturated rings. The van der Waals surface area contributed by atoms with Crippen LogP contribution in [0, 0.1) is 71.0 Å². The SMILES string of the molecule is C[Si](C)(O[Si](C)(C)C1CC(=O)OC1=O)C1CC(=O)OC1=O.C[Si](C)(O[Si](C)(C)C1CC2CC1C1C(=O)OC(=O)C21)C1CC2CC1C1C(=O)OC(=O)C21.C[Si](C)(O[Si](C)(C)C1CCC2C(=O)OC(=O)C2C1)C1CCC2C(=O)OC(=O)C2C1.O=C(NCNC(=O)c1ccc2c(c1)C(=O)OC2=O)c1ccc2c(c1)C(=O)CC2=O.O=C(OCOC(=O)c1ccc2c(c1)C(=O)OC2=O)c1ccc2c(c1)C(=O)CC2=O. The highest BCUT2D eigenvalue weighted by Crippen LogP contribution is 2.67. The lowest BCUT2D eigenvalue weighted by atomic mass is 9.81. The Kier molecular flexibility index (Phi) is 26.8. The first kappa shape index (κ1) is 99.7. The molecular formula is C94H100N2O37Si6. The number of carbonyl (C=O) groups is 24. The topological polar surface area (TPSA) is 554 Å². The zero-order valence-electron chi connectivity index (χ0n) is 77.7. The molecule has 4 aromatic rings. The number of nitrogens with one attached hydrogen (secondary N) is 2. The van der Waals surface area contributed by atoms with Crippen molar-refractivity contribution in [1.82, 2.24) is 10.6 Å². The fourth-order valence-electron chi connectivity index (χ4n) is 23.9. The highest BCUT2D eigenvalue weighted by atomic mass is 28.4. The summed E-state index contributed by atoms with van der Waals surface area (Å²) in [6.07, 6.45) is 7.95. The van der Waals surface area contributed by atoms with Crippen molar-refractivity contribution >= 4 is 192 Å². The minimum absolute atomic E-state index is 0.00374.